The molecule has 0 spiro atoms. The van der Waals surface area contributed by atoms with Gasteiger partial charge in [0.05, 0.1) is 24.7 Å². The van der Waals surface area contributed by atoms with E-state index in [1.807, 2.05) is 23.7 Å². The third kappa shape index (κ3) is 2.83. The average molecular weight is 299 g/mol. The van der Waals surface area contributed by atoms with Gasteiger partial charge in [-0.1, -0.05) is 6.92 Å². The topological polar surface area (TPSA) is 62.5 Å². The van der Waals surface area contributed by atoms with Crippen LogP contribution in [0.25, 0.3) is 5.65 Å². The van der Waals surface area contributed by atoms with Crippen molar-refractivity contribution in [2.75, 3.05) is 6.61 Å². The Bertz CT molecular complexity index is 495. The number of imidazole rings is 1. The Hall–Kier alpha value is -0.980. The van der Waals surface area contributed by atoms with Crippen LogP contribution in [0.3, 0.4) is 0 Å². The van der Waals surface area contributed by atoms with Crippen molar-refractivity contribution in [1.82, 2.24) is 19.7 Å². The summed E-state index contributed by atoms with van der Waals surface area (Å²) in [7, 11) is 0. The number of aliphatic hydroxyl groups excluding tert-OH is 1. The maximum absolute atomic E-state index is 9.11. The first-order chi connectivity index (χ1) is 8.24. The van der Waals surface area contributed by atoms with Crippen molar-refractivity contribution < 1.29 is 5.11 Å². The SMILES string of the molecule is CC[C@H](CO)NCc1cnc2cnc(Br)cn12. The Morgan fingerprint density at radius 3 is 3.00 bits per heavy atom. The second kappa shape index (κ2) is 5.57. The van der Waals surface area contributed by atoms with Gasteiger partial charge in [0.15, 0.2) is 5.65 Å². The number of rotatable bonds is 5. The normalized spacial score (nSPS) is 13.1. The van der Waals surface area contributed by atoms with Crippen LogP contribution in [0.4, 0.5) is 0 Å². The first-order valence-electron chi connectivity index (χ1n) is 5.56. The smallest absolute Gasteiger partial charge is 0.155 e. The largest absolute Gasteiger partial charge is 0.395 e. The molecule has 0 aliphatic rings. The molecule has 0 aromatic carbocycles. The van der Waals surface area contributed by atoms with Crippen molar-refractivity contribution in [3.8, 4) is 0 Å². The van der Waals surface area contributed by atoms with Gasteiger partial charge in [0.2, 0.25) is 0 Å². The fourth-order valence-corrected chi connectivity index (χ4v) is 1.94. The van der Waals surface area contributed by atoms with E-state index in [0.717, 1.165) is 22.4 Å². The van der Waals surface area contributed by atoms with E-state index in [4.69, 9.17) is 5.11 Å². The zero-order valence-corrected chi connectivity index (χ0v) is 11.2. The van der Waals surface area contributed by atoms with E-state index >= 15 is 0 Å². The van der Waals surface area contributed by atoms with Gasteiger partial charge in [-0.05, 0) is 22.4 Å². The van der Waals surface area contributed by atoms with E-state index in [1.165, 1.54) is 0 Å². The van der Waals surface area contributed by atoms with Gasteiger partial charge >= 0.3 is 0 Å². The zero-order valence-electron chi connectivity index (χ0n) is 9.60. The highest BCUT2D eigenvalue weighted by atomic mass is 79.9. The van der Waals surface area contributed by atoms with Crippen LogP contribution in [0.15, 0.2) is 23.2 Å². The molecule has 6 heteroatoms. The molecule has 5 nitrogen and oxygen atoms in total. The van der Waals surface area contributed by atoms with Gasteiger partial charge < -0.3 is 10.4 Å². The maximum atomic E-state index is 9.11. The summed E-state index contributed by atoms with van der Waals surface area (Å²) in [6.07, 6.45) is 6.33. The molecule has 0 bridgehead atoms. The monoisotopic (exact) mass is 298 g/mol. The lowest BCUT2D eigenvalue weighted by Gasteiger charge is -2.13. The second-order valence-electron chi connectivity index (χ2n) is 3.86. The van der Waals surface area contributed by atoms with Crippen molar-refractivity contribution >= 4 is 21.6 Å². The molecule has 2 aromatic heterocycles. The standard InChI is InChI=1S/C11H15BrN4O/c1-2-8(7-17)13-3-9-4-15-11-5-14-10(12)6-16(9)11/h4-6,8,13,17H,2-3,7H2,1H3/t8-/m1/s1. The van der Waals surface area contributed by atoms with E-state index in [0.29, 0.717) is 6.54 Å². The summed E-state index contributed by atoms with van der Waals surface area (Å²) in [5.41, 5.74) is 1.87. The number of fused-ring (bicyclic) bond motifs is 1. The summed E-state index contributed by atoms with van der Waals surface area (Å²) in [6, 6.07) is 0.130. The van der Waals surface area contributed by atoms with Crippen LogP contribution < -0.4 is 5.32 Å². The van der Waals surface area contributed by atoms with E-state index in [2.05, 4.69) is 31.2 Å². The number of aromatic nitrogens is 3. The van der Waals surface area contributed by atoms with Crippen molar-refractivity contribution in [2.24, 2.45) is 0 Å². The predicted octanol–water partition coefficient (Wildman–Crippen LogP) is 1.35. The molecule has 0 saturated heterocycles. The van der Waals surface area contributed by atoms with Gasteiger partial charge in [-0.2, -0.15) is 0 Å². The zero-order chi connectivity index (χ0) is 12.3. The fourth-order valence-electron chi connectivity index (χ4n) is 1.63. The van der Waals surface area contributed by atoms with Crippen LogP contribution in [-0.2, 0) is 6.54 Å². The molecule has 2 heterocycles. The van der Waals surface area contributed by atoms with Crippen LogP contribution in [0, 0.1) is 0 Å². The molecule has 2 rings (SSSR count). The average Bonchev–Trinajstić information content (AvgIpc) is 2.73. The number of nitrogens with zero attached hydrogens (tertiary/aromatic N) is 3. The summed E-state index contributed by atoms with van der Waals surface area (Å²) < 4.78 is 2.76. The highest BCUT2D eigenvalue weighted by molar-refractivity contribution is 9.10. The molecular formula is C11H15BrN4O. The van der Waals surface area contributed by atoms with Gasteiger partial charge in [0.1, 0.15) is 4.60 Å². The highest BCUT2D eigenvalue weighted by Gasteiger charge is 2.07. The molecule has 0 fully saturated rings. The summed E-state index contributed by atoms with van der Waals surface area (Å²) in [5.74, 6) is 0. The summed E-state index contributed by atoms with van der Waals surface area (Å²) in [6.45, 7) is 2.87. The highest BCUT2D eigenvalue weighted by Crippen LogP contribution is 2.10. The Kier molecular flexibility index (Phi) is 4.09. The third-order valence-corrected chi connectivity index (χ3v) is 3.14. The first-order valence-corrected chi connectivity index (χ1v) is 6.35. The van der Waals surface area contributed by atoms with Crippen molar-refractivity contribution in [1.29, 1.82) is 0 Å². The Morgan fingerprint density at radius 1 is 1.47 bits per heavy atom. The van der Waals surface area contributed by atoms with Gasteiger partial charge in [0.25, 0.3) is 0 Å². The molecule has 0 amide bonds. The van der Waals surface area contributed by atoms with Crippen LogP contribution in [-0.4, -0.2) is 32.1 Å². The van der Waals surface area contributed by atoms with Gasteiger partial charge in [-0.3, -0.25) is 4.40 Å². The van der Waals surface area contributed by atoms with Crippen LogP contribution in [0.1, 0.15) is 19.0 Å². The molecule has 17 heavy (non-hydrogen) atoms. The van der Waals surface area contributed by atoms with Crippen molar-refractivity contribution in [3.05, 3.63) is 28.9 Å². The minimum atomic E-state index is 0.130. The number of aliphatic hydroxyl groups is 1. The number of hydrogen-bond acceptors (Lipinski definition) is 4. The second-order valence-corrected chi connectivity index (χ2v) is 4.67. The first kappa shape index (κ1) is 12.5. The molecule has 92 valence electrons. The molecule has 0 unspecified atom stereocenters. The van der Waals surface area contributed by atoms with E-state index < -0.39 is 0 Å². The molecular weight excluding hydrogens is 284 g/mol. The van der Waals surface area contributed by atoms with Gasteiger partial charge in [-0.15, -0.1) is 0 Å². The molecule has 2 aromatic rings. The minimum absolute atomic E-state index is 0.130. The van der Waals surface area contributed by atoms with Crippen LogP contribution >= 0.6 is 15.9 Å². The van der Waals surface area contributed by atoms with Crippen molar-refractivity contribution in [3.63, 3.8) is 0 Å². The Balaban J connectivity index is 2.16. The van der Waals surface area contributed by atoms with E-state index in [9.17, 15) is 0 Å². The molecule has 0 radical (unpaired) electrons. The maximum Gasteiger partial charge on any atom is 0.155 e. The summed E-state index contributed by atoms with van der Waals surface area (Å²) >= 11 is 3.34. The summed E-state index contributed by atoms with van der Waals surface area (Å²) in [4.78, 5) is 8.39. The molecule has 0 saturated carbocycles. The Labute approximate surface area is 108 Å². The number of hydrogen-bond donors (Lipinski definition) is 2. The van der Waals surface area contributed by atoms with Crippen LogP contribution in [0.2, 0.25) is 0 Å². The van der Waals surface area contributed by atoms with E-state index in [1.54, 1.807) is 6.20 Å². The predicted molar refractivity (Wildman–Crippen MR) is 68.7 cm³/mol. The lowest BCUT2D eigenvalue weighted by molar-refractivity contribution is 0.238. The van der Waals surface area contributed by atoms with E-state index in [-0.39, 0.29) is 12.6 Å². The number of nitrogens with one attached hydrogen (secondary N) is 1. The van der Waals surface area contributed by atoms with Crippen LogP contribution in [0.5, 0.6) is 0 Å². The summed E-state index contributed by atoms with van der Waals surface area (Å²) in [5, 5.41) is 12.4. The molecule has 0 aliphatic heterocycles. The molecule has 1 atom stereocenters. The minimum Gasteiger partial charge on any atom is -0.395 e. The van der Waals surface area contributed by atoms with Gasteiger partial charge in [0, 0.05) is 18.8 Å². The molecule has 0 aliphatic carbocycles. The lowest BCUT2D eigenvalue weighted by Crippen LogP contribution is -2.31. The number of halogens is 1. The Morgan fingerprint density at radius 2 is 2.29 bits per heavy atom. The van der Waals surface area contributed by atoms with Crippen molar-refractivity contribution in [2.45, 2.75) is 25.9 Å². The molecule has 2 N–H and O–H groups in total. The lowest BCUT2D eigenvalue weighted by atomic mass is 10.2. The fraction of sp³-hybridized carbons (Fsp3) is 0.455. The van der Waals surface area contributed by atoms with Gasteiger partial charge in [-0.25, -0.2) is 9.97 Å². The quantitative estimate of drug-likeness (QED) is 0.875. The third-order valence-electron chi connectivity index (χ3n) is 2.73.